The number of carbonyl (C=O) groups is 1. The molecule has 1 aliphatic rings. The van der Waals surface area contributed by atoms with Gasteiger partial charge < -0.3 is 9.47 Å². The summed E-state index contributed by atoms with van der Waals surface area (Å²) in [6.45, 7) is 0. The number of hydrogen-bond acceptors (Lipinski definition) is 6. The minimum Gasteiger partial charge on any atom is -0.493 e. The molecule has 0 N–H and O–H groups in total. The Kier molecular flexibility index (Phi) is 6.92. The Hall–Kier alpha value is -1.41. The van der Waals surface area contributed by atoms with Gasteiger partial charge in [0.1, 0.15) is 10.1 Å². The highest BCUT2D eigenvalue weighted by atomic mass is 79.9. The molecule has 0 bridgehead atoms. The van der Waals surface area contributed by atoms with E-state index in [9.17, 15) is 4.79 Å². The zero-order chi connectivity index (χ0) is 19.4. The van der Waals surface area contributed by atoms with Gasteiger partial charge in [0.15, 0.2) is 11.5 Å². The van der Waals surface area contributed by atoms with Gasteiger partial charge in [-0.05, 0) is 69.2 Å². The SMILES string of the molecule is COc1cc(C=C2N=C(SCc3ccc(Cl)cc3)SC2=O)cc(Br)c1OC. The molecule has 0 aromatic heterocycles. The Bertz CT molecular complexity index is 929. The number of benzene rings is 2. The monoisotopic (exact) mass is 483 g/mol. The molecule has 0 atom stereocenters. The molecule has 4 nitrogen and oxygen atoms in total. The van der Waals surface area contributed by atoms with E-state index in [2.05, 4.69) is 20.9 Å². The van der Waals surface area contributed by atoms with Crippen LogP contribution in [0.5, 0.6) is 11.5 Å². The number of nitrogens with zero attached hydrogens (tertiary/aromatic N) is 1. The van der Waals surface area contributed by atoms with E-state index in [1.807, 2.05) is 36.4 Å². The van der Waals surface area contributed by atoms with Crippen LogP contribution in [0.2, 0.25) is 5.02 Å². The van der Waals surface area contributed by atoms with Crippen molar-refractivity contribution in [1.29, 1.82) is 0 Å². The summed E-state index contributed by atoms with van der Waals surface area (Å²) < 4.78 is 12.1. The van der Waals surface area contributed by atoms with Crippen molar-refractivity contribution in [3.8, 4) is 11.5 Å². The van der Waals surface area contributed by atoms with Crippen molar-refractivity contribution >= 4 is 66.6 Å². The minimum atomic E-state index is -0.0699. The van der Waals surface area contributed by atoms with E-state index in [0.29, 0.717) is 22.2 Å². The maximum Gasteiger partial charge on any atom is 0.244 e. The van der Waals surface area contributed by atoms with Gasteiger partial charge in [0.05, 0.1) is 18.7 Å². The van der Waals surface area contributed by atoms with Crippen LogP contribution in [0.1, 0.15) is 11.1 Å². The molecule has 0 amide bonds. The lowest BCUT2D eigenvalue weighted by atomic mass is 10.1. The summed E-state index contributed by atoms with van der Waals surface area (Å²) in [5.74, 6) is 1.92. The van der Waals surface area contributed by atoms with Gasteiger partial charge in [-0.1, -0.05) is 35.5 Å². The number of hydrogen-bond donors (Lipinski definition) is 0. The van der Waals surface area contributed by atoms with Crippen molar-refractivity contribution in [2.75, 3.05) is 14.2 Å². The fourth-order valence-electron chi connectivity index (χ4n) is 2.36. The van der Waals surface area contributed by atoms with E-state index < -0.39 is 0 Å². The van der Waals surface area contributed by atoms with Crippen molar-refractivity contribution in [3.05, 3.63) is 62.7 Å². The van der Waals surface area contributed by atoms with Gasteiger partial charge in [-0.2, -0.15) is 0 Å². The second-order valence-electron chi connectivity index (χ2n) is 5.45. The third-order valence-electron chi connectivity index (χ3n) is 3.64. The maximum atomic E-state index is 12.3. The van der Waals surface area contributed by atoms with Gasteiger partial charge >= 0.3 is 0 Å². The van der Waals surface area contributed by atoms with Crippen LogP contribution in [0.25, 0.3) is 6.08 Å². The van der Waals surface area contributed by atoms with Gasteiger partial charge in [-0.3, -0.25) is 4.79 Å². The molecule has 0 saturated heterocycles. The third-order valence-corrected chi connectivity index (χ3v) is 6.56. The van der Waals surface area contributed by atoms with E-state index in [1.165, 1.54) is 11.8 Å². The second kappa shape index (κ2) is 9.19. The van der Waals surface area contributed by atoms with Crippen molar-refractivity contribution in [3.63, 3.8) is 0 Å². The van der Waals surface area contributed by atoms with Gasteiger partial charge in [0.25, 0.3) is 0 Å². The lowest BCUT2D eigenvalue weighted by Gasteiger charge is -2.10. The molecule has 0 saturated carbocycles. The fourth-order valence-corrected chi connectivity index (χ4v) is 4.90. The molecule has 140 valence electrons. The van der Waals surface area contributed by atoms with Gasteiger partial charge in [0.2, 0.25) is 5.12 Å². The first kappa shape index (κ1) is 20.3. The maximum absolute atomic E-state index is 12.3. The zero-order valence-electron chi connectivity index (χ0n) is 14.5. The van der Waals surface area contributed by atoms with Crippen molar-refractivity contribution in [2.45, 2.75) is 5.75 Å². The van der Waals surface area contributed by atoms with Crippen molar-refractivity contribution in [1.82, 2.24) is 0 Å². The Morgan fingerprint density at radius 2 is 1.96 bits per heavy atom. The predicted octanol–water partition coefficient (Wildman–Crippen LogP) is 6.02. The second-order valence-corrected chi connectivity index (χ2v) is 8.93. The van der Waals surface area contributed by atoms with E-state index >= 15 is 0 Å². The summed E-state index contributed by atoms with van der Waals surface area (Å²) in [5, 5.41) is 0.636. The largest absolute Gasteiger partial charge is 0.493 e. The average molecular weight is 485 g/mol. The summed E-state index contributed by atoms with van der Waals surface area (Å²) in [5.41, 5.74) is 2.34. The van der Waals surface area contributed by atoms with Gasteiger partial charge in [0, 0.05) is 10.8 Å². The van der Waals surface area contributed by atoms with E-state index in [-0.39, 0.29) is 5.12 Å². The molecule has 0 unspecified atom stereocenters. The number of ether oxygens (including phenoxy) is 2. The summed E-state index contributed by atoms with van der Waals surface area (Å²) in [6, 6.07) is 11.3. The first-order chi connectivity index (χ1) is 13.0. The highest BCUT2D eigenvalue weighted by Gasteiger charge is 2.23. The van der Waals surface area contributed by atoms with Gasteiger partial charge in [-0.25, -0.2) is 4.99 Å². The van der Waals surface area contributed by atoms with Crippen LogP contribution in [0.15, 0.2) is 51.6 Å². The number of halogens is 2. The molecular formula is C19H15BrClNO3S2. The molecule has 0 fully saturated rings. The molecule has 2 aromatic carbocycles. The van der Waals surface area contributed by atoms with Crippen LogP contribution in [0, 0.1) is 0 Å². The number of aliphatic imine (C=N–C) groups is 1. The molecule has 3 rings (SSSR count). The van der Waals surface area contributed by atoms with Gasteiger partial charge in [-0.15, -0.1) is 0 Å². The van der Waals surface area contributed by atoms with Crippen LogP contribution >= 0.6 is 51.1 Å². The number of rotatable bonds is 5. The number of methoxy groups -OCH3 is 2. The smallest absolute Gasteiger partial charge is 0.244 e. The molecule has 0 radical (unpaired) electrons. The van der Waals surface area contributed by atoms with E-state index in [0.717, 1.165) is 37.5 Å². The van der Waals surface area contributed by atoms with Crippen LogP contribution in [0.3, 0.4) is 0 Å². The molecule has 0 spiro atoms. The zero-order valence-corrected chi connectivity index (χ0v) is 18.5. The van der Waals surface area contributed by atoms with Crippen molar-refractivity contribution < 1.29 is 14.3 Å². The predicted molar refractivity (Wildman–Crippen MR) is 118 cm³/mol. The first-order valence-electron chi connectivity index (χ1n) is 7.81. The van der Waals surface area contributed by atoms with Crippen LogP contribution < -0.4 is 9.47 Å². The Morgan fingerprint density at radius 3 is 2.63 bits per heavy atom. The molecule has 0 aliphatic carbocycles. The van der Waals surface area contributed by atoms with Crippen LogP contribution in [0.4, 0.5) is 0 Å². The topological polar surface area (TPSA) is 47.9 Å². The van der Waals surface area contributed by atoms with Crippen molar-refractivity contribution in [2.24, 2.45) is 4.99 Å². The van der Waals surface area contributed by atoms with E-state index in [1.54, 1.807) is 20.3 Å². The molecule has 27 heavy (non-hydrogen) atoms. The summed E-state index contributed by atoms with van der Waals surface area (Å²) in [7, 11) is 3.15. The molecule has 2 aromatic rings. The Balaban J connectivity index is 1.77. The molecular weight excluding hydrogens is 470 g/mol. The Labute approximate surface area is 179 Å². The highest BCUT2D eigenvalue weighted by molar-refractivity contribution is 9.10. The minimum absolute atomic E-state index is 0.0699. The fraction of sp³-hybridized carbons (Fsp3) is 0.158. The van der Waals surface area contributed by atoms with Crippen LogP contribution in [-0.2, 0) is 10.5 Å². The summed E-state index contributed by atoms with van der Waals surface area (Å²) in [4.78, 5) is 16.8. The Morgan fingerprint density at radius 1 is 1.22 bits per heavy atom. The normalized spacial score (nSPS) is 15.2. The molecule has 1 aliphatic heterocycles. The lowest BCUT2D eigenvalue weighted by molar-refractivity contribution is -0.107. The number of carbonyl (C=O) groups excluding carboxylic acids is 1. The van der Waals surface area contributed by atoms with E-state index in [4.69, 9.17) is 21.1 Å². The summed E-state index contributed by atoms with van der Waals surface area (Å²) >= 11 is 12.0. The standard InChI is InChI=1S/C19H15BrClNO3S2/c1-24-16-9-12(7-14(20)17(16)25-2)8-15-18(23)27-19(22-15)26-10-11-3-5-13(21)6-4-11/h3-9H,10H2,1-2H3. The lowest BCUT2D eigenvalue weighted by Crippen LogP contribution is -1.93. The first-order valence-corrected chi connectivity index (χ1v) is 10.8. The quantitative estimate of drug-likeness (QED) is 0.485. The van der Waals surface area contributed by atoms with Crippen LogP contribution in [-0.4, -0.2) is 23.7 Å². The third kappa shape index (κ3) is 5.10. The molecule has 8 heteroatoms. The summed E-state index contributed by atoms with van der Waals surface area (Å²) in [6.07, 6.45) is 1.75. The number of thioether (sulfide) groups is 2. The average Bonchev–Trinajstić information content (AvgIpc) is 3.00. The molecule has 1 heterocycles. The highest BCUT2D eigenvalue weighted by Crippen LogP contribution is 2.38.